The van der Waals surface area contributed by atoms with Gasteiger partial charge >= 0.3 is 0 Å². The Morgan fingerprint density at radius 2 is 1.33 bits per heavy atom. The van der Waals surface area contributed by atoms with Gasteiger partial charge in [0.2, 0.25) is 9.84 Å². The number of carbonyl (C=O) groups is 1. The lowest BCUT2D eigenvalue weighted by atomic mass is 10.1. The summed E-state index contributed by atoms with van der Waals surface area (Å²) < 4.78 is 38.7. The van der Waals surface area contributed by atoms with Crippen LogP contribution in [0.15, 0.2) is 82.6 Å². The second-order valence-corrected chi connectivity index (χ2v) is 7.85. The highest BCUT2D eigenvalue weighted by atomic mass is 32.2. The molecule has 0 amide bonds. The van der Waals surface area contributed by atoms with Crippen LogP contribution >= 0.6 is 0 Å². The van der Waals surface area contributed by atoms with E-state index in [0.29, 0.717) is 11.8 Å². The highest BCUT2D eigenvalue weighted by molar-refractivity contribution is 7.91. The Bertz CT molecular complexity index is 1070. The lowest BCUT2D eigenvalue weighted by Crippen LogP contribution is -2.06. The Balaban J connectivity index is 1.86. The van der Waals surface area contributed by atoms with Crippen molar-refractivity contribution in [3.8, 4) is 0 Å². The Labute approximate surface area is 157 Å². The van der Waals surface area contributed by atoms with Gasteiger partial charge in [-0.2, -0.15) is 0 Å². The van der Waals surface area contributed by atoms with E-state index in [1.165, 1.54) is 30.3 Å². The number of halogens is 1. The smallest absolute Gasteiger partial charge is 0.206 e. The minimum Gasteiger partial charge on any atom is -0.303 e. The predicted octanol–water partition coefficient (Wildman–Crippen LogP) is 4.57. The van der Waals surface area contributed by atoms with Gasteiger partial charge in [0.15, 0.2) is 0 Å². The van der Waals surface area contributed by atoms with Crippen molar-refractivity contribution in [2.24, 2.45) is 0 Å². The molecule has 27 heavy (non-hydrogen) atoms. The molecule has 0 unspecified atom stereocenters. The summed E-state index contributed by atoms with van der Waals surface area (Å²) in [5, 5.41) is 0. The van der Waals surface area contributed by atoms with Crippen molar-refractivity contribution >= 4 is 28.3 Å². The van der Waals surface area contributed by atoms with Gasteiger partial charge in [-0.25, -0.2) is 12.8 Å². The van der Waals surface area contributed by atoms with Crippen LogP contribution in [0.3, 0.4) is 0 Å². The van der Waals surface area contributed by atoms with Crippen molar-refractivity contribution in [3.05, 3.63) is 95.3 Å². The maximum atomic E-state index is 12.9. The van der Waals surface area contributed by atoms with E-state index in [4.69, 9.17) is 0 Å². The van der Waals surface area contributed by atoms with E-state index in [1.807, 2.05) is 12.2 Å². The monoisotopic (exact) mass is 380 g/mol. The van der Waals surface area contributed by atoms with Gasteiger partial charge < -0.3 is 4.79 Å². The molecule has 0 aromatic heterocycles. The second-order valence-electron chi connectivity index (χ2n) is 5.94. The van der Waals surface area contributed by atoms with Crippen LogP contribution in [-0.2, 0) is 21.1 Å². The fraction of sp³-hybridized carbons (Fsp3) is 0.0455. The molecule has 3 nitrogen and oxygen atoms in total. The van der Waals surface area contributed by atoms with Crippen LogP contribution in [0.1, 0.15) is 16.7 Å². The van der Waals surface area contributed by atoms with Crippen molar-refractivity contribution < 1.29 is 17.6 Å². The summed E-state index contributed by atoms with van der Waals surface area (Å²) in [4.78, 5) is 11.1. The number of benzene rings is 3. The van der Waals surface area contributed by atoms with Gasteiger partial charge in [0.05, 0.1) is 9.79 Å². The maximum absolute atomic E-state index is 12.9. The molecule has 0 N–H and O–H groups in total. The second kappa shape index (κ2) is 8.10. The van der Waals surface area contributed by atoms with Crippen molar-refractivity contribution in [1.29, 1.82) is 0 Å². The molecule has 3 aromatic rings. The Morgan fingerprint density at radius 3 is 1.93 bits per heavy atom. The third-order valence-electron chi connectivity index (χ3n) is 4.09. The zero-order valence-electron chi connectivity index (χ0n) is 14.4. The van der Waals surface area contributed by atoms with E-state index in [2.05, 4.69) is 0 Å². The Hall–Kier alpha value is -3.05. The standard InChI is InChI=1S/C22H17FO3S/c23-20-11-7-17(8-12-20)5-6-18-9-13-21(14-10-18)27(25,26)22-4-2-1-3-19(22)15-16-24/h1-14,16H,15H2. The van der Waals surface area contributed by atoms with Crippen LogP contribution in [0.4, 0.5) is 4.39 Å². The first kappa shape index (κ1) is 18.7. The van der Waals surface area contributed by atoms with E-state index in [0.717, 1.165) is 11.1 Å². The molecular formula is C22H17FO3S. The van der Waals surface area contributed by atoms with Crippen LogP contribution in [0.2, 0.25) is 0 Å². The molecule has 0 aliphatic carbocycles. The number of rotatable bonds is 6. The Morgan fingerprint density at radius 1 is 0.778 bits per heavy atom. The molecule has 0 aliphatic heterocycles. The normalized spacial score (nSPS) is 11.6. The van der Waals surface area contributed by atoms with Crippen molar-refractivity contribution in [1.82, 2.24) is 0 Å². The van der Waals surface area contributed by atoms with Crippen LogP contribution in [0, 0.1) is 5.82 Å². The largest absolute Gasteiger partial charge is 0.303 e. The summed E-state index contributed by atoms with van der Waals surface area (Å²) in [5.74, 6) is -0.295. The topological polar surface area (TPSA) is 51.2 Å². The first-order chi connectivity index (χ1) is 13.0. The number of aldehydes is 1. The first-order valence-corrected chi connectivity index (χ1v) is 9.79. The highest BCUT2D eigenvalue weighted by Gasteiger charge is 2.20. The molecule has 0 saturated heterocycles. The van der Waals surface area contributed by atoms with Gasteiger partial charge in [0.25, 0.3) is 0 Å². The van der Waals surface area contributed by atoms with Gasteiger partial charge in [-0.1, -0.05) is 54.6 Å². The molecule has 0 heterocycles. The Kier molecular flexibility index (Phi) is 5.62. The van der Waals surface area contributed by atoms with Gasteiger partial charge in [0, 0.05) is 6.42 Å². The number of sulfone groups is 1. The van der Waals surface area contributed by atoms with Crippen molar-refractivity contribution in [2.75, 3.05) is 0 Å². The van der Waals surface area contributed by atoms with E-state index >= 15 is 0 Å². The highest BCUT2D eigenvalue weighted by Crippen LogP contribution is 2.25. The molecule has 3 rings (SSSR count). The number of hydrogen-bond acceptors (Lipinski definition) is 3. The zero-order chi connectivity index (χ0) is 19.3. The first-order valence-electron chi connectivity index (χ1n) is 8.31. The predicted molar refractivity (Wildman–Crippen MR) is 103 cm³/mol. The summed E-state index contributed by atoms with van der Waals surface area (Å²) in [6, 6.07) is 19.1. The van der Waals surface area contributed by atoms with Gasteiger partial charge in [-0.15, -0.1) is 0 Å². The molecule has 0 atom stereocenters. The molecule has 3 aromatic carbocycles. The van der Waals surface area contributed by atoms with Crippen LogP contribution < -0.4 is 0 Å². The van der Waals surface area contributed by atoms with Gasteiger partial charge in [-0.05, 0) is 47.0 Å². The van der Waals surface area contributed by atoms with Crippen LogP contribution in [-0.4, -0.2) is 14.7 Å². The zero-order valence-corrected chi connectivity index (χ0v) is 15.2. The molecule has 0 fully saturated rings. The summed E-state index contributed by atoms with van der Waals surface area (Å²) in [5.41, 5.74) is 2.14. The minimum atomic E-state index is -3.71. The average Bonchev–Trinajstić information content (AvgIpc) is 2.68. The quantitative estimate of drug-likeness (QED) is 0.465. The van der Waals surface area contributed by atoms with E-state index in [-0.39, 0.29) is 22.0 Å². The summed E-state index contributed by atoms with van der Waals surface area (Å²) in [6.45, 7) is 0. The summed E-state index contributed by atoms with van der Waals surface area (Å²) in [7, 11) is -3.71. The summed E-state index contributed by atoms with van der Waals surface area (Å²) in [6.07, 6.45) is 4.39. The molecule has 0 spiro atoms. The maximum Gasteiger partial charge on any atom is 0.206 e. The fourth-order valence-electron chi connectivity index (χ4n) is 2.68. The molecule has 0 radical (unpaired) electrons. The average molecular weight is 380 g/mol. The molecule has 0 saturated carbocycles. The van der Waals surface area contributed by atoms with Gasteiger partial charge in [-0.3, -0.25) is 0 Å². The van der Waals surface area contributed by atoms with Crippen molar-refractivity contribution in [3.63, 3.8) is 0 Å². The summed E-state index contributed by atoms with van der Waals surface area (Å²) >= 11 is 0. The van der Waals surface area contributed by atoms with Crippen molar-refractivity contribution in [2.45, 2.75) is 16.2 Å². The number of hydrogen-bond donors (Lipinski definition) is 0. The SMILES string of the molecule is O=CCc1ccccc1S(=O)(=O)c1ccc(C=Cc2ccc(F)cc2)cc1. The lowest BCUT2D eigenvalue weighted by molar-refractivity contribution is -0.107. The number of carbonyl (C=O) groups excluding carboxylic acids is 1. The third kappa shape index (κ3) is 4.38. The van der Waals surface area contributed by atoms with E-state index in [9.17, 15) is 17.6 Å². The molecular weight excluding hydrogens is 363 g/mol. The molecule has 0 aliphatic rings. The van der Waals surface area contributed by atoms with Crippen LogP contribution in [0.25, 0.3) is 12.2 Å². The lowest BCUT2D eigenvalue weighted by Gasteiger charge is -2.09. The van der Waals surface area contributed by atoms with Crippen LogP contribution in [0.5, 0.6) is 0 Å². The molecule has 136 valence electrons. The van der Waals surface area contributed by atoms with E-state index < -0.39 is 9.84 Å². The minimum absolute atomic E-state index is 0.0495. The molecule has 0 bridgehead atoms. The van der Waals surface area contributed by atoms with E-state index in [1.54, 1.807) is 42.5 Å². The van der Waals surface area contributed by atoms with Gasteiger partial charge in [0.1, 0.15) is 12.1 Å². The third-order valence-corrected chi connectivity index (χ3v) is 5.96. The fourth-order valence-corrected chi connectivity index (χ4v) is 4.18. The molecule has 5 heteroatoms.